The first-order valence-electron chi connectivity index (χ1n) is 6.26. The summed E-state index contributed by atoms with van der Waals surface area (Å²) in [6, 6.07) is 9.63. The number of nitrogens with zero attached hydrogens (tertiary/aromatic N) is 1. The van der Waals surface area contributed by atoms with Gasteiger partial charge in [-0.05, 0) is 25.0 Å². The van der Waals surface area contributed by atoms with Gasteiger partial charge in [0.05, 0.1) is 6.61 Å². The molecule has 0 spiro atoms. The molecule has 18 heavy (non-hydrogen) atoms. The van der Waals surface area contributed by atoms with Gasteiger partial charge in [0, 0.05) is 26.6 Å². The molecule has 0 aliphatic heterocycles. The molecule has 100 valence electrons. The zero-order valence-corrected chi connectivity index (χ0v) is 10.8. The van der Waals surface area contributed by atoms with Crippen molar-refractivity contribution < 1.29 is 14.6 Å². The van der Waals surface area contributed by atoms with Crippen LogP contribution in [0, 0.1) is 0 Å². The van der Waals surface area contributed by atoms with Crippen LogP contribution in [0.5, 0.6) is 5.75 Å². The van der Waals surface area contributed by atoms with E-state index in [4.69, 9.17) is 9.84 Å². The van der Waals surface area contributed by atoms with Crippen LogP contribution >= 0.6 is 0 Å². The lowest BCUT2D eigenvalue weighted by atomic mass is 10.3. The monoisotopic (exact) mass is 251 g/mol. The minimum Gasteiger partial charge on any atom is -0.494 e. The van der Waals surface area contributed by atoms with Gasteiger partial charge in [0.15, 0.2) is 0 Å². The molecule has 1 rings (SSSR count). The highest BCUT2D eigenvalue weighted by atomic mass is 16.5. The molecule has 1 aromatic carbocycles. The predicted molar refractivity (Wildman–Crippen MR) is 70.5 cm³/mol. The Morgan fingerprint density at radius 1 is 1.28 bits per heavy atom. The van der Waals surface area contributed by atoms with Crippen molar-refractivity contribution in [3.05, 3.63) is 30.3 Å². The van der Waals surface area contributed by atoms with Crippen molar-refractivity contribution in [2.45, 2.75) is 19.3 Å². The van der Waals surface area contributed by atoms with E-state index in [1.807, 2.05) is 30.3 Å². The average molecular weight is 251 g/mol. The Balaban J connectivity index is 2.12. The highest BCUT2D eigenvalue weighted by Crippen LogP contribution is 2.08. The van der Waals surface area contributed by atoms with E-state index in [0.29, 0.717) is 26.0 Å². The van der Waals surface area contributed by atoms with E-state index in [1.165, 1.54) is 0 Å². The molecule has 0 aromatic heterocycles. The maximum absolute atomic E-state index is 11.5. The molecule has 0 radical (unpaired) electrons. The Labute approximate surface area is 108 Å². The predicted octanol–water partition coefficient (Wildman–Crippen LogP) is 1.69. The minimum atomic E-state index is 0.0662. The van der Waals surface area contributed by atoms with Gasteiger partial charge < -0.3 is 14.7 Å². The van der Waals surface area contributed by atoms with E-state index < -0.39 is 0 Å². The highest BCUT2D eigenvalue weighted by Gasteiger charge is 2.07. The van der Waals surface area contributed by atoms with Crippen molar-refractivity contribution >= 4 is 5.91 Å². The standard InChI is InChI=1S/C14H21NO3/c1-15(14(17)9-5-11-16)10-6-12-18-13-7-3-2-4-8-13/h2-4,7-8,16H,5-6,9-12H2,1H3. The highest BCUT2D eigenvalue weighted by molar-refractivity contribution is 5.75. The second-order valence-corrected chi connectivity index (χ2v) is 4.16. The van der Waals surface area contributed by atoms with Gasteiger partial charge in [0.1, 0.15) is 5.75 Å². The summed E-state index contributed by atoms with van der Waals surface area (Å²) in [5.74, 6) is 0.926. The summed E-state index contributed by atoms with van der Waals surface area (Å²) in [6.07, 6.45) is 1.74. The van der Waals surface area contributed by atoms with E-state index in [2.05, 4.69) is 0 Å². The Kier molecular flexibility index (Phi) is 6.87. The smallest absolute Gasteiger partial charge is 0.222 e. The second kappa shape index (κ2) is 8.53. The SMILES string of the molecule is CN(CCCOc1ccccc1)C(=O)CCCO. The van der Waals surface area contributed by atoms with Crippen LogP contribution in [0.2, 0.25) is 0 Å². The molecule has 1 N–H and O–H groups in total. The lowest BCUT2D eigenvalue weighted by Crippen LogP contribution is -2.28. The van der Waals surface area contributed by atoms with Crippen molar-refractivity contribution in [2.75, 3.05) is 26.8 Å². The largest absolute Gasteiger partial charge is 0.494 e. The summed E-state index contributed by atoms with van der Waals surface area (Å²) in [5, 5.41) is 8.65. The summed E-state index contributed by atoms with van der Waals surface area (Å²) < 4.78 is 5.54. The zero-order valence-electron chi connectivity index (χ0n) is 10.8. The van der Waals surface area contributed by atoms with Gasteiger partial charge >= 0.3 is 0 Å². The van der Waals surface area contributed by atoms with Gasteiger partial charge in [0.25, 0.3) is 0 Å². The van der Waals surface area contributed by atoms with Gasteiger partial charge in [-0.2, -0.15) is 0 Å². The number of carbonyl (C=O) groups is 1. The second-order valence-electron chi connectivity index (χ2n) is 4.16. The lowest BCUT2D eigenvalue weighted by molar-refractivity contribution is -0.130. The van der Waals surface area contributed by atoms with Crippen LogP contribution in [-0.4, -0.2) is 42.7 Å². The van der Waals surface area contributed by atoms with E-state index in [9.17, 15) is 4.79 Å². The normalized spacial score (nSPS) is 10.1. The van der Waals surface area contributed by atoms with Crippen LogP contribution in [-0.2, 0) is 4.79 Å². The molecular weight excluding hydrogens is 230 g/mol. The topological polar surface area (TPSA) is 49.8 Å². The van der Waals surface area contributed by atoms with E-state index in [0.717, 1.165) is 12.2 Å². The number of aliphatic hydroxyl groups excluding tert-OH is 1. The van der Waals surface area contributed by atoms with Crippen LogP contribution in [0.1, 0.15) is 19.3 Å². The van der Waals surface area contributed by atoms with Crippen LogP contribution < -0.4 is 4.74 Å². The van der Waals surface area contributed by atoms with Gasteiger partial charge in [-0.25, -0.2) is 0 Å². The number of hydrogen-bond acceptors (Lipinski definition) is 3. The minimum absolute atomic E-state index is 0.0662. The maximum Gasteiger partial charge on any atom is 0.222 e. The summed E-state index contributed by atoms with van der Waals surface area (Å²) in [7, 11) is 1.78. The van der Waals surface area contributed by atoms with Gasteiger partial charge in [-0.1, -0.05) is 18.2 Å². The molecule has 0 saturated carbocycles. The van der Waals surface area contributed by atoms with Crippen molar-refractivity contribution in [1.82, 2.24) is 4.90 Å². The fraction of sp³-hybridized carbons (Fsp3) is 0.500. The molecule has 1 amide bonds. The van der Waals surface area contributed by atoms with Crippen molar-refractivity contribution in [3.63, 3.8) is 0 Å². The van der Waals surface area contributed by atoms with Crippen molar-refractivity contribution in [3.8, 4) is 5.75 Å². The molecule has 4 heteroatoms. The number of para-hydroxylation sites is 1. The van der Waals surface area contributed by atoms with E-state index in [1.54, 1.807) is 11.9 Å². The Hall–Kier alpha value is -1.55. The molecule has 0 aliphatic carbocycles. The number of carbonyl (C=O) groups excluding carboxylic acids is 1. The molecule has 0 bridgehead atoms. The molecule has 0 heterocycles. The van der Waals surface area contributed by atoms with E-state index >= 15 is 0 Å². The zero-order chi connectivity index (χ0) is 13.2. The molecule has 0 atom stereocenters. The number of rotatable bonds is 8. The number of benzene rings is 1. The van der Waals surface area contributed by atoms with Gasteiger partial charge in [-0.15, -0.1) is 0 Å². The fourth-order valence-electron chi connectivity index (χ4n) is 1.55. The Morgan fingerprint density at radius 2 is 2.00 bits per heavy atom. The van der Waals surface area contributed by atoms with E-state index in [-0.39, 0.29) is 12.5 Å². The Bertz CT molecular complexity index is 340. The molecule has 4 nitrogen and oxygen atoms in total. The molecule has 0 fully saturated rings. The average Bonchev–Trinajstić information content (AvgIpc) is 2.41. The first-order valence-corrected chi connectivity index (χ1v) is 6.26. The summed E-state index contributed by atoms with van der Waals surface area (Å²) in [4.78, 5) is 13.2. The van der Waals surface area contributed by atoms with Crippen LogP contribution in [0.25, 0.3) is 0 Å². The Morgan fingerprint density at radius 3 is 2.67 bits per heavy atom. The third-order valence-corrected chi connectivity index (χ3v) is 2.62. The number of ether oxygens (including phenoxy) is 1. The van der Waals surface area contributed by atoms with Crippen LogP contribution in [0.4, 0.5) is 0 Å². The molecule has 0 unspecified atom stereocenters. The summed E-state index contributed by atoms with van der Waals surface area (Å²) in [5.41, 5.74) is 0. The number of aliphatic hydroxyl groups is 1. The van der Waals surface area contributed by atoms with Crippen LogP contribution in [0.3, 0.4) is 0 Å². The van der Waals surface area contributed by atoms with Crippen molar-refractivity contribution in [1.29, 1.82) is 0 Å². The summed E-state index contributed by atoms with van der Waals surface area (Å²) in [6.45, 7) is 1.34. The summed E-state index contributed by atoms with van der Waals surface area (Å²) >= 11 is 0. The quantitative estimate of drug-likeness (QED) is 0.715. The van der Waals surface area contributed by atoms with Crippen molar-refractivity contribution in [2.24, 2.45) is 0 Å². The molecule has 0 saturated heterocycles. The van der Waals surface area contributed by atoms with Gasteiger partial charge in [0.2, 0.25) is 5.91 Å². The third-order valence-electron chi connectivity index (χ3n) is 2.62. The third kappa shape index (κ3) is 5.68. The molecule has 1 aromatic rings. The first-order chi connectivity index (χ1) is 8.74. The molecule has 0 aliphatic rings. The maximum atomic E-state index is 11.5. The lowest BCUT2D eigenvalue weighted by Gasteiger charge is -2.17. The first kappa shape index (κ1) is 14.5. The van der Waals surface area contributed by atoms with Gasteiger partial charge in [-0.3, -0.25) is 4.79 Å². The number of hydrogen-bond donors (Lipinski definition) is 1. The molecular formula is C14H21NO3. The number of amides is 1. The fourth-order valence-corrected chi connectivity index (χ4v) is 1.55. The van der Waals surface area contributed by atoms with Crippen LogP contribution in [0.15, 0.2) is 30.3 Å².